The lowest BCUT2D eigenvalue weighted by molar-refractivity contribution is 0.189. The maximum atomic E-state index is 8.88. The van der Waals surface area contributed by atoms with Gasteiger partial charge in [0.05, 0.1) is 18.9 Å². The van der Waals surface area contributed by atoms with Gasteiger partial charge in [0, 0.05) is 19.0 Å². The van der Waals surface area contributed by atoms with E-state index in [1.807, 2.05) is 12.1 Å². The summed E-state index contributed by atoms with van der Waals surface area (Å²) in [5, 5.41) is 8.88. The first kappa shape index (κ1) is 10.9. The van der Waals surface area contributed by atoms with E-state index < -0.39 is 0 Å². The Morgan fingerprint density at radius 2 is 2.29 bits per heavy atom. The van der Waals surface area contributed by atoms with Crippen molar-refractivity contribution in [2.24, 2.45) is 5.41 Å². The molecule has 1 heterocycles. The Morgan fingerprint density at radius 1 is 1.47 bits per heavy atom. The van der Waals surface area contributed by atoms with E-state index >= 15 is 0 Å². The van der Waals surface area contributed by atoms with Crippen molar-refractivity contribution in [3.05, 3.63) is 24.2 Å². The number of nitriles is 1. The first-order chi connectivity index (χ1) is 8.31. The molecule has 0 spiro atoms. The van der Waals surface area contributed by atoms with Crippen molar-refractivity contribution in [1.82, 2.24) is 4.90 Å². The largest absolute Gasteiger partial charge is 0.468 e. The number of rotatable bonds is 6. The molecule has 0 atom stereocenters. The minimum Gasteiger partial charge on any atom is -0.468 e. The van der Waals surface area contributed by atoms with Gasteiger partial charge in [-0.2, -0.15) is 5.26 Å². The molecular weight excluding hydrogens is 212 g/mol. The van der Waals surface area contributed by atoms with Gasteiger partial charge in [0.15, 0.2) is 0 Å². The van der Waals surface area contributed by atoms with E-state index in [-0.39, 0.29) is 0 Å². The molecule has 0 saturated heterocycles. The van der Waals surface area contributed by atoms with E-state index in [4.69, 9.17) is 9.68 Å². The number of furan rings is 1. The Balaban J connectivity index is 1.63. The molecule has 0 unspecified atom stereocenters. The standard InChI is InChI=1S/C14H18N2O/c15-8-7-14(5-6-14)11-16(12-3-4-12)10-13-2-1-9-17-13/h1-2,9,12H,3-7,10-11H2. The van der Waals surface area contributed by atoms with Crippen LogP contribution in [0.1, 0.15) is 37.9 Å². The van der Waals surface area contributed by atoms with Crippen LogP contribution < -0.4 is 0 Å². The molecule has 0 radical (unpaired) electrons. The third-order valence-electron chi connectivity index (χ3n) is 3.95. The second kappa shape index (κ2) is 4.19. The van der Waals surface area contributed by atoms with Crippen LogP contribution in [0.15, 0.2) is 22.8 Å². The Hall–Kier alpha value is -1.27. The summed E-state index contributed by atoms with van der Waals surface area (Å²) < 4.78 is 5.43. The van der Waals surface area contributed by atoms with Crippen LogP contribution in [0.5, 0.6) is 0 Å². The number of hydrogen-bond acceptors (Lipinski definition) is 3. The fourth-order valence-electron chi connectivity index (χ4n) is 2.52. The zero-order valence-corrected chi connectivity index (χ0v) is 10.1. The van der Waals surface area contributed by atoms with Gasteiger partial charge in [-0.1, -0.05) is 0 Å². The van der Waals surface area contributed by atoms with E-state index in [2.05, 4.69) is 11.0 Å². The summed E-state index contributed by atoms with van der Waals surface area (Å²) >= 11 is 0. The van der Waals surface area contributed by atoms with Crippen LogP contribution in [0.2, 0.25) is 0 Å². The third-order valence-corrected chi connectivity index (χ3v) is 3.95. The molecule has 1 aromatic heterocycles. The van der Waals surface area contributed by atoms with Crippen LogP contribution in [-0.4, -0.2) is 17.5 Å². The highest BCUT2D eigenvalue weighted by Gasteiger charge is 2.46. The van der Waals surface area contributed by atoms with Crippen LogP contribution in [-0.2, 0) is 6.54 Å². The molecule has 2 aliphatic rings. The van der Waals surface area contributed by atoms with Crippen LogP contribution in [0.25, 0.3) is 0 Å². The van der Waals surface area contributed by atoms with Gasteiger partial charge in [-0.05, 0) is 43.2 Å². The molecule has 90 valence electrons. The maximum Gasteiger partial charge on any atom is 0.117 e. The highest BCUT2D eigenvalue weighted by atomic mass is 16.3. The predicted molar refractivity (Wildman–Crippen MR) is 64.0 cm³/mol. The summed E-state index contributed by atoms with van der Waals surface area (Å²) in [7, 11) is 0. The smallest absolute Gasteiger partial charge is 0.117 e. The van der Waals surface area contributed by atoms with Gasteiger partial charge in [-0.25, -0.2) is 0 Å². The fourth-order valence-corrected chi connectivity index (χ4v) is 2.52. The topological polar surface area (TPSA) is 40.2 Å². The second-order valence-corrected chi connectivity index (χ2v) is 5.55. The van der Waals surface area contributed by atoms with Gasteiger partial charge in [0.1, 0.15) is 5.76 Å². The van der Waals surface area contributed by atoms with Gasteiger partial charge in [-0.3, -0.25) is 4.90 Å². The normalized spacial score (nSPS) is 21.4. The molecule has 1 aromatic rings. The molecule has 0 aromatic carbocycles. The summed E-state index contributed by atoms with van der Waals surface area (Å²) in [5.74, 6) is 1.05. The van der Waals surface area contributed by atoms with Crippen LogP contribution in [0, 0.1) is 16.7 Å². The molecule has 2 saturated carbocycles. The van der Waals surface area contributed by atoms with Gasteiger partial charge >= 0.3 is 0 Å². The lowest BCUT2D eigenvalue weighted by Gasteiger charge is -2.25. The molecule has 0 aliphatic heterocycles. The first-order valence-corrected chi connectivity index (χ1v) is 6.45. The number of nitrogens with zero attached hydrogens (tertiary/aromatic N) is 2. The fraction of sp³-hybridized carbons (Fsp3) is 0.643. The van der Waals surface area contributed by atoms with E-state index in [9.17, 15) is 0 Å². The van der Waals surface area contributed by atoms with E-state index in [1.54, 1.807) is 6.26 Å². The molecule has 2 aliphatic carbocycles. The van der Waals surface area contributed by atoms with Crippen molar-refractivity contribution < 1.29 is 4.42 Å². The molecule has 2 fully saturated rings. The van der Waals surface area contributed by atoms with Crippen molar-refractivity contribution in [2.45, 2.75) is 44.7 Å². The van der Waals surface area contributed by atoms with Crippen molar-refractivity contribution in [2.75, 3.05) is 6.54 Å². The Bertz CT molecular complexity index is 410. The van der Waals surface area contributed by atoms with Crippen LogP contribution >= 0.6 is 0 Å². The van der Waals surface area contributed by atoms with Crippen molar-refractivity contribution >= 4 is 0 Å². The highest BCUT2D eigenvalue weighted by molar-refractivity contribution is 5.05. The molecule has 0 bridgehead atoms. The first-order valence-electron chi connectivity index (χ1n) is 6.45. The quantitative estimate of drug-likeness (QED) is 0.754. The summed E-state index contributed by atoms with van der Waals surface area (Å²) in [6.45, 7) is 1.98. The maximum absolute atomic E-state index is 8.88. The van der Waals surface area contributed by atoms with Crippen LogP contribution in [0.4, 0.5) is 0 Å². The molecular formula is C14H18N2O. The second-order valence-electron chi connectivity index (χ2n) is 5.55. The Labute approximate surface area is 102 Å². The molecule has 0 N–H and O–H groups in total. The van der Waals surface area contributed by atoms with Gasteiger partial charge in [-0.15, -0.1) is 0 Å². The van der Waals surface area contributed by atoms with Crippen molar-refractivity contribution in [3.8, 4) is 6.07 Å². The SMILES string of the molecule is N#CCC1(CN(Cc2ccco2)C2CC2)CC1. The molecule has 17 heavy (non-hydrogen) atoms. The van der Waals surface area contributed by atoms with E-state index in [0.29, 0.717) is 11.8 Å². The summed E-state index contributed by atoms with van der Waals surface area (Å²) in [5.41, 5.74) is 0.309. The van der Waals surface area contributed by atoms with E-state index in [1.165, 1.54) is 25.7 Å². The van der Waals surface area contributed by atoms with Gasteiger partial charge < -0.3 is 4.42 Å². The monoisotopic (exact) mass is 230 g/mol. The van der Waals surface area contributed by atoms with Crippen LogP contribution in [0.3, 0.4) is 0 Å². The lowest BCUT2D eigenvalue weighted by Crippen LogP contribution is -2.31. The Morgan fingerprint density at radius 3 is 2.82 bits per heavy atom. The molecule has 3 heteroatoms. The number of hydrogen-bond donors (Lipinski definition) is 0. The minimum absolute atomic E-state index is 0.309. The molecule has 0 amide bonds. The lowest BCUT2D eigenvalue weighted by atomic mass is 10.0. The Kier molecular flexibility index (Phi) is 2.68. The van der Waals surface area contributed by atoms with Crippen molar-refractivity contribution in [1.29, 1.82) is 5.26 Å². The summed E-state index contributed by atoms with van der Waals surface area (Å²) in [6.07, 6.45) is 7.52. The average Bonchev–Trinajstić information content (AvgIpc) is 3.22. The third kappa shape index (κ3) is 2.53. The van der Waals surface area contributed by atoms with Gasteiger partial charge in [0.2, 0.25) is 0 Å². The van der Waals surface area contributed by atoms with E-state index in [0.717, 1.165) is 24.9 Å². The predicted octanol–water partition coefficient (Wildman–Crippen LogP) is 2.94. The summed E-state index contributed by atoms with van der Waals surface area (Å²) in [4.78, 5) is 2.52. The molecule has 3 nitrogen and oxygen atoms in total. The molecule has 3 rings (SSSR count). The van der Waals surface area contributed by atoms with Crippen molar-refractivity contribution in [3.63, 3.8) is 0 Å². The zero-order valence-electron chi connectivity index (χ0n) is 10.1. The van der Waals surface area contributed by atoms with Gasteiger partial charge in [0.25, 0.3) is 0 Å². The zero-order chi connectivity index (χ0) is 11.7. The summed E-state index contributed by atoms with van der Waals surface area (Å²) in [6, 6.07) is 7.06. The highest BCUT2D eigenvalue weighted by Crippen LogP contribution is 2.50. The average molecular weight is 230 g/mol. The minimum atomic E-state index is 0.309.